The third-order valence-electron chi connectivity index (χ3n) is 3.66. The second-order valence-corrected chi connectivity index (χ2v) is 5.80. The Kier molecular flexibility index (Phi) is 4.91. The van der Waals surface area contributed by atoms with Gasteiger partial charge in [-0.05, 0) is 30.3 Å². The normalized spacial score (nSPS) is 10.4. The van der Waals surface area contributed by atoms with Crippen LogP contribution >= 0.6 is 11.6 Å². The minimum atomic E-state index is -1.18. The maximum atomic E-state index is 12.3. The first-order valence-electron chi connectivity index (χ1n) is 7.54. The van der Waals surface area contributed by atoms with E-state index in [4.69, 9.17) is 21.1 Å². The van der Waals surface area contributed by atoms with Crippen molar-refractivity contribution < 1.29 is 24.0 Å². The number of carboxylic acids is 1. The molecule has 0 aliphatic carbocycles. The molecule has 2 aromatic carbocycles. The molecule has 0 bridgehead atoms. The number of halogens is 1. The first-order chi connectivity index (χ1) is 12.9. The number of nitro groups is 1. The van der Waals surface area contributed by atoms with Gasteiger partial charge in [0.2, 0.25) is 0 Å². The largest absolute Gasteiger partial charge is 0.478 e. The highest BCUT2D eigenvalue weighted by atomic mass is 35.5. The number of hydrogen-bond donors (Lipinski definition) is 2. The van der Waals surface area contributed by atoms with Crippen LogP contribution in [0.4, 0.5) is 11.4 Å². The van der Waals surface area contributed by atoms with Crippen LogP contribution in [0.25, 0.3) is 11.3 Å². The summed E-state index contributed by atoms with van der Waals surface area (Å²) in [5, 5.41) is 22.5. The van der Waals surface area contributed by atoms with Crippen molar-refractivity contribution in [3.63, 3.8) is 0 Å². The molecule has 0 radical (unpaired) electrons. The van der Waals surface area contributed by atoms with Gasteiger partial charge in [-0.1, -0.05) is 23.7 Å². The Hall–Kier alpha value is -3.65. The summed E-state index contributed by atoms with van der Waals surface area (Å²) >= 11 is 6.05. The molecular formula is C18H11ClN2O6. The highest BCUT2D eigenvalue weighted by Crippen LogP contribution is 2.32. The SMILES string of the molecule is O=C(Nc1ccccc1C(=O)O)c1ccc(-c2ccc([N+](=O)[O-])cc2Cl)o1. The Bertz CT molecular complexity index is 1060. The van der Waals surface area contributed by atoms with Crippen molar-refractivity contribution in [1.29, 1.82) is 0 Å². The molecule has 27 heavy (non-hydrogen) atoms. The van der Waals surface area contributed by atoms with Gasteiger partial charge >= 0.3 is 5.97 Å². The molecule has 1 aromatic heterocycles. The van der Waals surface area contributed by atoms with E-state index in [9.17, 15) is 19.7 Å². The topological polar surface area (TPSA) is 123 Å². The number of nitro benzene ring substituents is 1. The average molecular weight is 387 g/mol. The molecule has 136 valence electrons. The average Bonchev–Trinajstić information content (AvgIpc) is 3.11. The van der Waals surface area contributed by atoms with E-state index in [0.717, 1.165) is 0 Å². The third kappa shape index (κ3) is 3.80. The van der Waals surface area contributed by atoms with Gasteiger partial charge in [0.25, 0.3) is 11.6 Å². The van der Waals surface area contributed by atoms with Crippen molar-refractivity contribution in [1.82, 2.24) is 0 Å². The van der Waals surface area contributed by atoms with Crippen molar-refractivity contribution in [3.8, 4) is 11.3 Å². The molecule has 0 saturated carbocycles. The summed E-state index contributed by atoms with van der Waals surface area (Å²) in [6.45, 7) is 0. The lowest BCUT2D eigenvalue weighted by atomic mass is 10.1. The van der Waals surface area contributed by atoms with Crippen LogP contribution in [-0.4, -0.2) is 21.9 Å². The summed E-state index contributed by atoms with van der Waals surface area (Å²) in [6.07, 6.45) is 0. The Balaban J connectivity index is 1.85. The Morgan fingerprint density at radius 3 is 2.52 bits per heavy atom. The monoisotopic (exact) mass is 386 g/mol. The van der Waals surface area contributed by atoms with E-state index in [1.807, 2.05) is 0 Å². The second kappa shape index (κ2) is 7.30. The zero-order chi connectivity index (χ0) is 19.6. The van der Waals surface area contributed by atoms with E-state index in [2.05, 4.69) is 5.32 Å². The standard InChI is InChI=1S/C18H11ClN2O6/c19-13-9-10(21(25)26)5-6-11(13)15-7-8-16(27-15)17(22)20-14-4-2-1-3-12(14)18(23)24/h1-9H,(H,20,22)(H,23,24). The van der Waals surface area contributed by atoms with Gasteiger partial charge in [0.15, 0.2) is 5.76 Å². The predicted octanol–water partition coefficient (Wildman–Crippen LogP) is 4.46. The number of carbonyl (C=O) groups excluding carboxylic acids is 1. The van der Waals surface area contributed by atoms with Crippen LogP contribution in [0.3, 0.4) is 0 Å². The number of aromatic carboxylic acids is 1. The van der Waals surface area contributed by atoms with Crippen molar-refractivity contribution >= 4 is 34.9 Å². The van der Waals surface area contributed by atoms with Gasteiger partial charge in [-0.25, -0.2) is 4.79 Å². The van der Waals surface area contributed by atoms with Crippen molar-refractivity contribution in [2.75, 3.05) is 5.32 Å². The number of nitrogens with one attached hydrogen (secondary N) is 1. The lowest BCUT2D eigenvalue weighted by Gasteiger charge is -2.06. The number of non-ortho nitro benzene ring substituents is 1. The second-order valence-electron chi connectivity index (χ2n) is 5.39. The highest BCUT2D eigenvalue weighted by molar-refractivity contribution is 6.33. The number of hydrogen-bond acceptors (Lipinski definition) is 5. The van der Waals surface area contributed by atoms with Gasteiger partial charge in [0.05, 0.1) is 21.2 Å². The van der Waals surface area contributed by atoms with Crippen LogP contribution in [0.15, 0.2) is 59.0 Å². The minimum absolute atomic E-state index is 0.0592. The summed E-state index contributed by atoms with van der Waals surface area (Å²) in [7, 11) is 0. The molecule has 8 nitrogen and oxygen atoms in total. The van der Waals surface area contributed by atoms with Crippen LogP contribution in [0, 0.1) is 10.1 Å². The summed E-state index contributed by atoms with van der Waals surface area (Å²) in [5.41, 5.74) is 0.281. The lowest BCUT2D eigenvalue weighted by molar-refractivity contribution is -0.384. The summed E-state index contributed by atoms with van der Waals surface area (Å²) in [5.74, 6) is -1.65. The molecule has 1 amide bonds. The molecule has 0 saturated heterocycles. The van der Waals surface area contributed by atoms with E-state index in [1.54, 1.807) is 12.1 Å². The highest BCUT2D eigenvalue weighted by Gasteiger charge is 2.18. The smallest absolute Gasteiger partial charge is 0.337 e. The molecule has 0 unspecified atom stereocenters. The number of benzene rings is 2. The van der Waals surface area contributed by atoms with Crippen LogP contribution < -0.4 is 5.32 Å². The number of para-hydroxylation sites is 1. The van der Waals surface area contributed by atoms with Gasteiger partial charge in [-0.15, -0.1) is 0 Å². The molecule has 0 atom stereocenters. The summed E-state index contributed by atoms with van der Waals surface area (Å²) in [6, 6.07) is 12.7. The quantitative estimate of drug-likeness (QED) is 0.493. The van der Waals surface area contributed by atoms with Crippen LogP contribution in [0.2, 0.25) is 5.02 Å². The molecule has 0 aliphatic rings. The molecule has 3 rings (SSSR count). The molecular weight excluding hydrogens is 376 g/mol. The zero-order valence-corrected chi connectivity index (χ0v) is 14.3. The zero-order valence-electron chi connectivity index (χ0n) is 13.5. The Morgan fingerprint density at radius 2 is 1.85 bits per heavy atom. The number of amides is 1. The van der Waals surface area contributed by atoms with Gasteiger partial charge < -0.3 is 14.8 Å². The number of rotatable bonds is 5. The van der Waals surface area contributed by atoms with E-state index in [1.165, 1.54) is 42.5 Å². The van der Waals surface area contributed by atoms with Crippen LogP contribution in [0.1, 0.15) is 20.9 Å². The molecule has 0 aliphatic heterocycles. The first kappa shape index (κ1) is 18.2. The van der Waals surface area contributed by atoms with Crippen molar-refractivity contribution in [2.24, 2.45) is 0 Å². The molecule has 0 spiro atoms. The maximum Gasteiger partial charge on any atom is 0.337 e. The molecule has 1 heterocycles. The van der Waals surface area contributed by atoms with Crippen LogP contribution in [0.5, 0.6) is 0 Å². The van der Waals surface area contributed by atoms with E-state index in [0.29, 0.717) is 5.56 Å². The maximum absolute atomic E-state index is 12.3. The fourth-order valence-electron chi connectivity index (χ4n) is 2.38. The van der Waals surface area contributed by atoms with Crippen molar-refractivity contribution in [3.05, 3.63) is 81.1 Å². The van der Waals surface area contributed by atoms with Gasteiger partial charge in [0.1, 0.15) is 5.76 Å². The molecule has 0 fully saturated rings. The molecule has 3 aromatic rings. The Labute approximate surface area is 157 Å². The molecule has 2 N–H and O–H groups in total. The lowest BCUT2D eigenvalue weighted by Crippen LogP contribution is -2.14. The minimum Gasteiger partial charge on any atom is -0.478 e. The number of carboxylic acid groups (broad SMARTS) is 1. The number of furan rings is 1. The van der Waals surface area contributed by atoms with Crippen LogP contribution in [-0.2, 0) is 0 Å². The first-order valence-corrected chi connectivity index (χ1v) is 7.92. The fourth-order valence-corrected chi connectivity index (χ4v) is 2.65. The van der Waals surface area contributed by atoms with E-state index >= 15 is 0 Å². The van der Waals surface area contributed by atoms with Crippen molar-refractivity contribution in [2.45, 2.75) is 0 Å². The number of nitrogens with zero attached hydrogens (tertiary/aromatic N) is 1. The third-order valence-corrected chi connectivity index (χ3v) is 3.98. The van der Waals surface area contributed by atoms with E-state index < -0.39 is 16.8 Å². The summed E-state index contributed by atoms with van der Waals surface area (Å²) < 4.78 is 5.47. The molecule has 9 heteroatoms. The van der Waals surface area contributed by atoms with E-state index in [-0.39, 0.29) is 33.5 Å². The number of carbonyl (C=O) groups is 2. The summed E-state index contributed by atoms with van der Waals surface area (Å²) in [4.78, 5) is 33.7. The predicted molar refractivity (Wildman–Crippen MR) is 97.2 cm³/mol. The number of anilines is 1. The van der Waals surface area contributed by atoms with Gasteiger partial charge in [-0.3, -0.25) is 14.9 Å². The fraction of sp³-hybridized carbons (Fsp3) is 0. The Morgan fingerprint density at radius 1 is 1.11 bits per heavy atom. The van der Waals surface area contributed by atoms with Gasteiger partial charge in [-0.2, -0.15) is 0 Å². The van der Waals surface area contributed by atoms with Gasteiger partial charge in [0, 0.05) is 17.7 Å².